The number of nitrogens with zero attached hydrogens (tertiary/aromatic N) is 2. The topological polar surface area (TPSA) is 75.4 Å². The number of nitrogens with one attached hydrogen (secondary N) is 1. The molecule has 0 saturated heterocycles. The van der Waals surface area contributed by atoms with E-state index < -0.39 is 0 Å². The molecule has 1 aromatic heterocycles. The van der Waals surface area contributed by atoms with Crippen LogP contribution in [0.4, 0.5) is 5.82 Å². The lowest BCUT2D eigenvalue weighted by Crippen LogP contribution is -2.43. The summed E-state index contributed by atoms with van der Waals surface area (Å²) in [6.07, 6.45) is 2.12. The molecule has 0 aliphatic heterocycles. The summed E-state index contributed by atoms with van der Waals surface area (Å²) in [5.41, 5.74) is 0.568. The van der Waals surface area contributed by atoms with Crippen LogP contribution < -0.4 is 5.32 Å². The summed E-state index contributed by atoms with van der Waals surface area (Å²) in [5, 5.41) is 8.35. The molecular weight excluding hydrogens is 330 g/mol. The summed E-state index contributed by atoms with van der Waals surface area (Å²) < 4.78 is 4.70. The molecule has 1 N–H and O–H groups in total. The molecule has 0 fully saturated rings. The minimum Gasteiger partial charge on any atom is -0.363 e. The number of anilines is 1. The van der Waals surface area contributed by atoms with Gasteiger partial charge in [0.25, 0.3) is 5.91 Å². The van der Waals surface area contributed by atoms with E-state index >= 15 is 0 Å². The lowest BCUT2D eigenvalue weighted by molar-refractivity contribution is -0.117. The fourth-order valence-electron chi connectivity index (χ4n) is 2.75. The van der Waals surface area contributed by atoms with E-state index in [2.05, 4.69) is 10.5 Å². The fraction of sp³-hybridized carbons (Fsp3) is 0.250. The Morgan fingerprint density at radius 2 is 1.92 bits per heavy atom. The van der Waals surface area contributed by atoms with Gasteiger partial charge in [-0.2, -0.15) is 0 Å². The maximum absolute atomic E-state index is 13.0. The molecule has 134 valence electrons. The summed E-state index contributed by atoms with van der Waals surface area (Å²) >= 11 is 0. The van der Waals surface area contributed by atoms with Crippen molar-refractivity contribution in [2.75, 3.05) is 11.9 Å². The first-order valence-corrected chi connectivity index (χ1v) is 8.58. The number of carbonyl (C=O) groups is 2. The highest BCUT2D eigenvalue weighted by atomic mass is 16.5. The van der Waals surface area contributed by atoms with Crippen molar-refractivity contribution in [3.63, 3.8) is 0 Å². The Morgan fingerprint density at radius 1 is 1.15 bits per heavy atom. The predicted molar refractivity (Wildman–Crippen MR) is 99.9 cm³/mol. The van der Waals surface area contributed by atoms with Gasteiger partial charge in [-0.25, -0.2) is 0 Å². The van der Waals surface area contributed by atoms with Gasteiger partial charge in [-0.3, -0.25) is 9.59 Å². The average molecular weight is 351 g/mol. The van der Waals surface area contributed by atoms with E-state index in [1.54, 1.807) is 17.0 Å². The first-order chi connectivity index (χ1) is 12.6. The maximum atomic E-state index is 13.0. The number of hydrogen-bond donors (Lipinski definition) is 1. The van der Waals surface area contributed by atoms with Gasteiger partial charge in [-0.15, -0.1) is 0 Å². The lowest BCUT2D eigenvalue weighted by atomic mass is 10.1. The van der Waals surface area contributed by atoms with Gasteiger partial charge in [-0.05, 0) is 36.2 Å². The zero-order chi connectivity index (χ0) is 18.5. The minimum atomic E-state index is -0.312. The van der Waals surface area contributed by atoms with Crippen LogP contribution in [0.5, 0.6) is 0 Å². The Kier molecular flexibility index (Phi) is 5.31. The van der Waals surface area contributed by atoms with Crippen molar-refractivity contribution in [1.82, 2.24) is 10.1 Å². The van der Waals surface area contributed by atoms with Crippen LogP contribution in [0.2, 0.25) is 0 Å². The fourth-order valence-corrected chi connectivity index (χ4v) is 2.75. The van der Waals surface area contributed by atoms with E-state index in [-0.39, 0.29) is 24.4 Å². The second-order valence-electron chi connectivity index (χ2n) is 6.19. The molecule has 2 aromatic carbocycles. The molecule has 1 heterocycles. The first-order valence-electron chi connectivity index (χ1n) is 8.58. The highest BCUT2D eigenvalue weighted by Gasteiger charge is 2.23. The quantitative estimate of drug-likeness (QED) is 0.734. The largest absolute Gasteiger partial charge is 0.363 e. The van der Waals surface area contributed by atoms with Crippen LogP contribution in [0.1, 0.15) is 30.6 Å². The third-order valence-corrected chi connectivity index (χ3v) is 4.40. The second kappa shape index (κ2) is 7.82. The zero-order valence-electron chi connectivity index (χ0n) is 14.8. The summed E-state index contributed by atoms with van der Waals surface area (Å²) in [6, 6.07) is 14.9. The SMILES string of the molecule is CCC(C)N(CC(=O)Nc1ccon1)C(=O)c1ccc2ccccc2c1. The number of fused-ring (bicyclic) bond motifs is 1. The molecule has 3 rings (SSSR count). The summed E-state index contributed by atoms with van der Waals surface area (Å²) in [5.74, 6) is -0.147. The van der Waals surface area contributed by atoms with Crippen molar-refractivity contribution in [2.24, 2.45) is 0 Å². The number of rotatable bonds is 6. The summed E-state index contributed by atoms with van der Waals surface area (Å²) in [4.78, 5) is 26.9. The number of benzene rings is 2. The van der Waals surface area contributed by atoms with E-state index in [1.807, 2.05) is 50.2 Å². The van der Waals surface area contributed by atoms with Gasteiger partial charge in [0.15, 0.2) is 5.82 Å². The van der Waals surface area contributed by atoms with Gasteiger partial charge in [-0.1, -0.05) is 42.4 Å². The standard InChI is InChI=1S/C20H21N3O3/c1-3-14(2)23(13-19(24)21-18-10-11-26-22-18)20(25)17-9-8-15-6-4-5-7-16(15)12-17/h4-12,14H,3,13H2,1-2H3,(H,21,22,24). The molecule has 2 amide bonds. The van der Waals surface area contributed by atoms with Crippen molar-refractivity contribution in [3.8, 4) is 0 Å². The smallest absolute Gasteiger partial charge is 0.254 e. The molecule has 0 aliphatic rings. The Balaban J connectivity index is 1.81. The Morgan fingerprint density at radius 3 is 2.62 bits per heavy atom. The molecule has 3 aromatic rings. The lowest BCUT2D eigenvalue weighted by Gasteiger charge is -2.28. The van der Waals surface area contributed by atoms with Crippen LogP contribution in [0.25, 0.3) is 10.8 Å². The molecule has 26 heavy (non-hydrogen) atoms. The molecule has 1 unspecified atom stereocenters. The molecule has 6 nitrogen and oxygen atoms in total. The van der Waals surface area contributed by atoms with E-state index in [0.717, 1.165) is 17.2 Å². The van der Waals surface area contributed by atoms with Crippen molar-refractivity contribution in [2.45, 2.75) is 26.3 Å². The molecule has 0 spiro atoms. The van der Waals surface area contributed by atoms with E-state index in [4.69, 9.17) is 4.52 Å². The highest BCUT2D eigenvalue weighted by molar-refractivity contribution is 6.01. The second-order valence-corrected chi connectivity index (χ2v) is 6.19. The molecular formula is C20H21N3O3. The number of hydrogen-bond acceptors (Lipinski definition) is 4. The van der Waals surface area contributed by atoms with Crippen LogP contribution in [0.3, 0.4) is 0 Å². The van der Waals surface area contributed by atoms with Crippen molar-refractivity contribution < 1.29 is 14.1 Å². The highest BCUT2D eigenvalue weighted by Crippen LogP contribution is 2.18. The normalized spacial score (nSPS) is 11.9. The molecule has 6 heteroatoms. The summed E-state index contributed by atoms with van der Waals surface area (Å²) in [7, 11) is 0. The molecule has 0 bridgehead atoms. The molecule has 0 aliphatic carbocycles. The van der Waals surface area contributed by atoms with Gasteiger partial charge in [0, 0.05) is 17.7 Å². The van der Waals surface area contributed by atoms with Crippen molar-refractivity contribution in [3.05, 3.63) is 60.4 Å². The van der Waals surface area contributed by atoms with Crippen molar-refractivity contribution >= 4 is 28.4 Å². The zero-order valence-corrected chi connectivity index (χ0v) is 14.8. The van der Waals surface area contributed by atoms with E-state index in [0.29, 0.717) is 11.4 Å². The third-order valence-electron chi connectivity index (χ3n) is 4.40. The maximum Gasteiger partial charge on any atom is 0.254 e. The predicted octanol–water partition coefficient (Wildman–Crippen LogP) is 3.71. The molecule has 0 saturated carbocycles. The van der Waals surface area contributed by atoms with Gasteiger partial charge in [0.05, 0.1) is 0 Å². The number of amides is 2. The Labute approximate surface area is 151 Å². The van der Waals surface area contributed by atoms with Crippen LogP contribution in [-0.2, 0) is 4.79 Å². The van der Waals surface area contributed by atoms with Gasteiger partial charge in [0.2, 0.25) is 5.91 Å². The van der Waals surface area contributed by atoms with Gasteiger partial charge >= 0.3 is 0 Å². The molecule has 0 radical (unpaired) electrons. The Bertz CT molecular complexity index is 906. The van der Waals surface area contributed by atoms with Crippen LogP contribution in [-0.4, -0.2) is 34.5 Å². The minimum absolute atomic E-state index is 0.0481. The molecule has 1 atom stereocenters. The monoisotopic (exact) mass is 351 g/mol. The summed E-state index contributed by atoms with van der Waals surface area (Å²) in [6.45, 7) is 3.87. The van der Waals surface area contributed by atoms with E-state index in [9.17, 15) is 9.59 Å². The van der Waals surface area contributed by atoms with Crippen LogP contribution in [0, 0.1) is 0 Å². The number of carbonyl (C=O) groups excluding carboxylic acids is 2. The number of aromatic nitrogens is 1. The van der Waals surface area contributed by atoms with E-state index in [1.165, 1.54) is 6.26 Å². The van der Waals surface area contributed by atoms with Gasteiger partial charge in [0.1, 0.15) is 12.8 Å². The van der Waals surface area contributed by atoms with Crippen molar-refractivity contribution in [1.29, 1.82) is 0 Å². The van der Waals surface area contributed by atoms with Gasteiger partial charge < -0.3 is 14.7 Å². The third kappa shape index (κ3) is 3.91. The Hall–Kier alpha value is -3.15. The van der Waals surface area contributed by atoms with Crippen LogP contribution in [0.15, 0.2) is 59.3 Å². The van der Waals surface area contributed by atoms with Crippen LogP contribution >= 0.6 is 0 Å². The average Bonchev–Trinajstić information content (AvgIpc) is 3.17. The first kappa shape index (κ1) is 17.7.